The van der Waals surface area contributed by atoms with Crippen LogP contribution in [-0.4, -0.2) is 23.9 Å². The van der Waals surface area contributed by atoms with Crippen molar-refractivity contribution in [2.75, 3.05) is 13.1 Å². The molecule has 1 aliphatic rings. The number of carbonyl (C=O) groups excluding carboxylic acids is 1. The van der Waals surface area contributed by atoms with Crippen molar-refractivity contribution in [3.63, 3.8) is 0 Å². The van der Waals surface area contributed by atoms with E-state index in [9.17, 15) is 4.79 Å². The van der Waals surface area contributed by atoms with Gasteiger partial charge in [0.25, 0.3) is 5.91 Å². The van der Waals surface area contributed by atoms with Crippen molar-refractivity contribution in [3.05, 3.63) is 23.7 Å². The number of hydrogen-bond donors (Lipinski definition) is 1. The number of likely N-dealkylation sites (tertiary alicyclic amines) is 1. The first-order valence-electron chi connectivity index (χ1n) is 6.22. The first kappa shape index (κ1) is 12.2. The average Bonchev–Trinajstić information content (AvgIpc) is 2.78. The molecule has 1 unspecified atom stereocenters. The Morgan fingerprint density at radius 2 is 2.12 bits per heavy atom. The zero-order valence-corrected chi connectivity index (χ0v) is 10.5. The normalized spacial score (nSPS) is 19.4. The third-order valence-corrected chi connectivity index (χ3v) is 3.36. The van der Waals surface area contributed by atoms with E-state index in [1.807, 2.05) is 11.8 Å². The third-order valence-electron chi connectivity index (χ3n) is 3.36. The Balaban J connectivity index is 2.03. The van der Waals surface area contributed by atoms with Crippen LogP contribution in [0.3, 0.4) is 0 Å². The van der Waals surface area contributed by atoms with Crippen molar-refractivity contribution >= 4 is 5.91 Å². The Morgan fingerprint density at radius 3 is 2.65 bits per heavy atom. The number of amides is 1. The standard InChI is InChI=1S/C13H20N2O2/c1-9-5-7-15(8-6-9)13(16)12-4-3-11(17-12)10(2)14/h3-4,9-10H,5-8,14H2,1-2H3. The van der Waals surface area contributed by atoms with Crippen LogP contribution in [0.4, 0.5) is 0 Å². The summed E-state index contributed by atoms with van der Waals surface area (Å²) in [5.41, 5.74) is 5.71. The van der Waals surface area contributed by atoms with Crippen molar-refractivity contribution in [2.24, 2.45) is 11.7 Å². The number of carbonyl (C=O) groups is 1. The molecule has 0 bridgehead atoms. The molecule has 0 radical (unpaired) electrons. The molecule has 1 amide bonds. The SMILES string of the molecule is CC1CCN(C(=O)c2ccc(C(C)N)o2)CC1. The lowest BCUT2D eigenvalue weighted by molar-refractivity contribution is 0.0662. The lowest BCUT2D eigenvalue weighted by Gasteiger charge is -2.29. The highest BCUT2D eigenvalue weighted by atomic mass is 16.4. The van der Waals surface area contributed by atoms with Gasteiger partial charge < -0.3 is 15.1 Å². The summed E-state index contributed by atoms with van der Waals surface area (Å²) in [7, 11) is 0. The molecule has 1 aliphatic heterocycles. The van der Waals surface area contributed by atoms with Crippen LogP contribution in [0.5, 0.6) is 0 Å². The van der Waals surface area contributed by atoms with E-state index in [-0.39, 0.29) is 11.9 Å². The second kappa shape index (κ2) is 4.92. The molecule has 1 saturated heterocycles. The Morgan fingerprint density at radius 1 is 1.47 bits per heavy atom. The van der Waals surface area contributed by atoms with Crippen LogP contribution in [0.25, 0.3) is 0 Å². The summed E-state index contributed by atoms with van der Waals surface area (Å²) in [6.45, 7) is 5.72. The van der Waals surface area contributed by atoms with E-state index < -0.39 is 0 Å². The molecule has 0 spiro atoms. The second-order valence-electron chi connectivity index (χ2n) is 4.97. The van der Waals surface area contributed by atoms with E-state index in [0.29, 0.717) is 11.5 Å². The Bertz CT molecular complexity index is 390. The highest BCUT2D eigenvalue weighted by Gasteiger charge is 2.23. The molecule has 1 atom stereocenters. The first-order chi connectivity index (χ1) is 8.08. The van der Waals surface area contributed by atoms with Gasteiger partial charge in [0.1, 0.15) is 5.76 Å². The molecule has 0 aliphatic carbocycles. The van der Waals surface area contributed by atoms with Gasteiger partial charge in [-0.2, -0.15) is 0 Å². The molecule has 4 nitrogen and oxygen atoms in total. The minimum atomic E-state index is -0.169. The van der Waals surface area contributed by atoms with E-state index in [1.54, 1.807) is 12.1 Å². The molecule has 17 heavy (non-hydrogen) atoms. The summed E-state index contributed by atoms with van der Waals surface area (Å²) >= 11 is 0. The molecule has 0 aromatic carbocycles. The van der Waals surface area contributed by atoms with Crippen LogP contribution in [-0.2, 0) is 0 Å². The quantitative estimate of drug-likeness (QED) is 0.856. The number of nitrogens with zero attached hydrogens (tertiary/aromatic N) is 1. The van der Waals surface area contributed by atoms with Crippen LogP contribution in [0.1, 0.15) is 49.0 Å². The van der Waals surface area contributed by atoms with Crippen LogP contribution in [0.15, 0.2) is 16.5 Å². The molecule has 2 heterocycles. The van der Waals surface area contributed by atoms with Gasteiger partial charge in [0.2, 0.25) is 0 Å². The highest BCUT2D eigenvalue weighted by molar-refractivity contribution is 5.91. The van der Waals surface area contributed by atoms with Gasteiger partial charge in [-0.1, -0.05) is 6.92 Å². The van der Waals surface area contributed by atoms with Gasteiger partial charge in [0.15, 0.2) is 5.76 Å². The van der Waals surface area contributed by atoms with Crippen molar-refractivity contribution in [3.8, 4) is 0 Å². The Labute approximate surface area is 102 Å². The molecular formula is C13H20N2O2. The van der Waals surface area contributed by atoms with Crippen molar-refractivity contribution in [2.45, 2.75) is 32.7 Å². The van der Waals surface area contributed by atoms with Crippen LogP contribution >= 0.6 is 0 Å². The predicted molar refractivity (Wildman–Crippen MR) is 65.6 cm³/mol. The highest BCUT2D eigenvalue weighted by Crippen LogP contribution is 2.20. The van der Waals surface area contributed by atoms with Gasteiger partial charge in [0, 0.05) is 13.1 Å². The van der Waals surface area contributed by atoms with Gasteiger partial charge in [-0.3, -0.25) is 4.79 Å². The van der Waals surface area contributed by atoms with Crippen LogP contribution in [0.2, 0.25) is 0 Å². The average molecular weight is 236 g/mol. The second-order valence-corrected chi connectivity index (χ2v) is 4.97. The van der Waals surface area contributed by atoms with Crippen molar-refractivity contribution < 1.29 is 9.21 Å². The topological polar surface area (TPSA) is 59.5 Å². The van der Waals surface area contributed by atoms with Crippen molar-refractivity contribution in [1.82, 2.24) is 4.90 Å². The summed E-state index contributed by atoms with van der Waals surface area (Å²) in [5, 5.41) is 0. The van der Waals surface area contributed by atoms with Crippen molar-refractivity contribution in [1.29, 1.82) is 0 Å². The molecule has 1 aromatic rings. The maximum absolute atomic E-state index is 12.1. The van der Waals surface area contributed by atoms with Crippen LogP contribution < -0.4 is 5.73 Å². The minimum Gasteiger partial charge on any atom is -0.454 e. The van der Waals surface area contributed by atoms with Gasteiger partial charge in [-0.25, -0.2) is 0 Å². The lowest BCUT2D eigenvalue weighted by Crippen LogP contribution is -2.37. The van der Waals surface area contributed by atoms with Gasteiger partial charge in [-0.05, 0) is 37.8 Å². The number of rotatable bonds is 2. The lowest BCUT2D eigenvalue weighted by atomic mass is 9.99. The fourth-order valence-electron chi connectivity index (χ4n) is 2.08. The van der Waals surface area contributed by atoms with E-state index in [0.717, 1.165) is 31.8 Å². The maximum atomic E-state index is 12.1. The zero-order valence-electron chi connectivity index (χ0n) is 10.5. The summed E-state index contributed by atoms with van der Waals surface area (Å²) in [4.78, 5) is 14.0. The number of hydrogen-bond acceptors (Lipinski definition) is 3. The van der Waals surface area contributed by atoms with Gasteiger partial charge in [0.05, 0.1) is 6.04 Å². The molecule has 4 heteroatoms. The minimum absolute atomic E-state index is 0.0104. The van der Waals surface area contributed by atoms with E-state index >= 15 is 0 Å². The number of piperidine rings is 1. The zero-order chi connectivity index (χ0) is 12.4. The summed E-state index contributed by atoms with van der Waals surface area (Å²) in [6, 6.07) is 3.33. The molecule has 94 valence electrons. The molecule has 2 rings (SSSR count). The van der Waals surface area contributed by atoms with E-state index in [1.165, 1.54) is 0 Å². The predicted octanol–water partition coefficient (Wildman–Crippen LogP) is 2.17. The fourth-order valence-corrected chi connectivity index (χ4v) is 2.08. The maximum Gasteiger partial charge on any atom is 0.289 e. The fraction of sp³-hybridized carbons (Fsp3) is 0.615. The van der Waals surface area contributed by atoms with Gasteiger partial charge in [-0.15, -0.1) is 0 Å². The summed E-state index contributed by atoms with van der Waals surface area (Å²) < 4.78 is 5.47. The number of nitrogens with two attached hydrogens (primary N) is 1. The van der Waals surface area contributed by atoms with Gasteiger partial charge >= 0.3 is 0 Å². The molecular weight excluding hydrogens is 216 g/mol. The summed E-state index contributed by atoms with van der Waals surface area (Å²) in [6.07, 6.45) is 2.15. The molecule has 2 N–H and O–H groups in total. The molecule has 1 aromatic heterocycles. The first-order valence-corrected chi connectivity index (χ1v) is 6.22. The summed E-state index contributed by atoms with van der Waals surface area (Å²) in [5.74, 6) is 1.78. The van der Waals surface area contributed by atoms with E-state index in [2.05, 4.69) is 6.92 Å². The third kappa shape index (κ3) is 2.69. The molecule has 0 saturated carbocycles. The van der Waals surface area contributed by atoms with E-state index in [4.69, 9.17) is 10.2 Å². The smallest absolute Gasteiger partial charge is 0.289 e. The Hall–Kier alpha value is -1.29. The largest absolute Gasteiger partial charge is 0.454 e. The number of furan rings is 1. The monoisotopic (exact) mass is 236 g/mol. The van der Waals surface area contributed by atoms with Crippen LogP contribution in [0, 0.1) is 5.92 Å². The Kier molecular flexibility index (Phi) is 3.52. The molecule has 1 fully saturated rings.